The van der Waals surface area contributed by atoms with Gasteiger partial charge in [-0.15, -0.1) is 0 Å². The van der Waals surface area contributed by atoms with E-state index in [-0.39, 0.29) is 5.56 Å². The molecule has 0 spiro atoms. The van der Waals surface area contributed by atoms with Crippen molar-refractivity contribution in [2.24, 2.45) is 0 Å². The van der Waals surface area contributed by atoms with E-state index >= 15 is 0 Å². The number of anilines is 1. The second-order valence-electron chi connectivity index (χ2n) is 4.25. The molecule has 2 aromatic heterocycles. The Morgan fingerprint density at radius 2 is 2.05 bits per heavy atom. The zero-order chi connectivity index (χ0) is 13.4. The van der Waals surface area contributed by atoms with Gasteiger partial charge in [0, 0.05) is 29.8 Å². The fraction of sp³-hybridized carbons (Fsp3) is 0.333. The summed E-state index contributed by atoms with van der Waals surface area (Å²) in [4.78, 5) is 18.9. The van der Waals surface area contributed by atoms with Crippen LogP contribution in [0.4, 0.5) is 5.82 Å². The predicted octanol–water partition coefficient (Wildman–Crippen LogP) is 1.90. The number of nitrogens with zero attached hydrogens (tertiary/aromatic N) is 3. The molecule has 0 amide bonds. The molecule has 0 aliphatic carbocycles. The lowest BCUT2D eigenvalue weighted by atomic mass is 10.4. The van der Waals surface area contributed by atoms with Crippen LogP contribution in [0.5, 0.6) is 0 Å². The molecular weight excluding hydrogens is 425 g/mol. The summed E-state index contributed by atoms with van der Waals surface area (Å²) in [6, 6.07) is 3.53. The Hall–Kier alpha value is -0.670. The molecule has 3 rings (SSSR count). The van der Waals surface area contributed by atoms with Crippen LogP contribution in [0.25, 0.3) is 5.65 Å². The number of pyridine rings is 1. The predicted molar refractivity (Wildman–Crippen MR) is 84.9 cm³/mol. The summed E-state index contributed by atoms with van der Waals surface area (Å²) < 4.78 is 8.69. The molecular formula is C12H11BrIN3O2. The van der Waals surface area contributed by atoms with E-state index in [0.717, 1.165) is 27.0 Å². The molecule has 0 saturated carbocycles. The largest absolute Gasteiger partial charge is 0.378 e. The van der Waals surface area contributed by atoms with Crippen molar-refractivity contribution in [1.29, 1.82) is 0 Å². The van der Waals surface area contributed by atoms with Crippen LogP contribution in [0.2, 0.25) is 0 Å². The molecule has 0 radical (unpaired) electrons. The average Bonchev–Trinajstić information content (AvgIpc) is 2.41. The third-order valence-electron chi connectivity index (χ3n) is 3.00. The van der Waals surface area contributed by atoms with Crippen molar-refractivity contribution in [2.75, 3.05) is 31.2 Å². The molecule has 19 heavy (non-hydrogen) atoms. The van der Waals surface area contributed by atoms with E-state index in [4.69, 9.17) is 4.74 Å². The molecule has 1 saturated heterocycles. The monoisotopic (exact) mass is 435 g/mol. The van der Waals surface area contributed by atoms with Crippen molar-refractivity contribution in [3.63, 3.8) is 0 Å². The minimum Gasteiger partial charge on any atom is -0.378 e. The summed E-state index contributed by atoms with van der Waals surface area (Å²) in [5.74, 6) is 0.730. The van der Waals surface area contributed by atoms with Crippen molar-refractivity contribution in [3.8, 4) is 0 Å². The van der Waals surface area contributed by atoms with Gasteiger partial charge in [0.25, 0.3) is 5.56 Å². The van der Waals surface area contributed by atoms with E-state index < -0.39 is 0 Å². The number of ether oxygens (including phenoxy) is 1. The molecule has 1 aliphatic heterocycles. The fourth-order valence-electron chi connectivity index (χ4n) is 2.07. The van der Waals surface area contributed by atoms with Crippen LogP contribution >= 0.6 is 38.5 Å². The Labute approximate surface area is 131 Å². The highest BCUT2D eigenvalue weighted by atomic mass is 127. The second kappa shape index (κ2) is 5.37. The topological polar surface area (TPSA) is 46.8 Å². The zero-order valence-electron chi connectivity index (χ0n) is 9.97. The number of halogens is 2. The van der Waals surface area contributed by atoms with Crippen molar-refractivity contribution in [3.05, 3.63) is 36.7 Å². The first-order chi connectivity index (χ1) is 9.15. The number of fused-ring (bicyclic) bond motifs is 1. The summed E-state index contributed by atoms with van der Waals surface area (Å²) in [7, 11) is 0. The normalized spacial score (nSPS) is 16.0. The van der Waals surface area contributed by atoms with E-state index in [9.17, 15) is 4.79 Å². The van der Waals surface area contributed by atoms with Crippen LogP contribution in [-0.4, -0.2) is 35.7 Å². The zero-order valence-corrected chi connectivity index (χ0v) is 13.7. The Kier molecular flexibility index (Phi) is 3.77. The minimum atomic E-state index is -0.0642. The van der Waals surface area contributed by atoms with Crippen molar-refractivity contribution in [1.82, 2.24) is 9.38 Å². The van der Waals surface area contributed by atoms with E-state index in [1.54, 1.807) is 16.7 Å². The summed E-state index contributed by atoms with van der Waals surface area (Å²) >= 11 is 5.59. The Balaban J connectivity index is 2.15. The Morgan fingerprint density at radius 3 is 2.79 bits per heavy atom. The quantitative estimate of drug-likeness (QED) is 0.642. The Morgan fingerprint density at radius 1 is 1.32 bits per heavy atom. The lowest BCUT2D eigenvalue weighted by Gasteiger charge is -2.27. The molecule has 100 valence electrons. The maximum absolute atomic E-state index is 12.2. The summed E-state index contributed by atoms with van der Waals surface area (Å²) in [6.07, 6.45) is 1.75. The lowest BCUT2D eigenvalue weighted by molar-refractivity contribution is 0.122. The van der Waals surface area contributed by atoms with Gasteiger partial charge in [0.2, 0.25) is 0 Å². The molecule has 1 aliphatic rings. The molecule has 0 N–H and O–H groups in total. The van der Waals surface area contributed by atoms with Gasteiger partial charge in [-0.05, 0) is 44.6 Å². The smallest absolute Gasteiger partial charge is 0.260 e. The van der Waals surface area contributed by atoms with Crippen molar-refractivity contribution < 1.29 is 4.74 Å². The average molecular weight is 436 g/mol. The minimum absolute atomic E-state index is 0.0642. The van der Waals surface area contributed by atoms with Gasteiger partial charge in [-0.3, -0.25) is 9.20 Å². The Bertz CT molecular complexity index is 682. The lowest BCUT2D eigenvalue weighted by Crippen LogP contribution is -2.37. The van der Waals surface area contributed by atoms with Crippen molar-refractivity contribution >= 4 is 50.0 Å². The third-order valence-corrected chi connectivity index (χ3v) is 4.23. The molecule has 0 aromatic carbocycles. The first-order valence-electron chi connectivity index (χ1n) is 5.86. The number of aromatic nitrogens is 2. The first-order valence-corrected chi connectivity index (χ1v) is 7.73. The van der Waals surface area contributed by atoms with E-state index in [0.29, 0.717) is 18.9 Å². The van der Waals surface area contributed by atoms with Crippen LogP contribution in [-0.2, 0) is 4.74 Å². The van der Waals surface area contributed by atoms with Gasteiger partial charge in [-0.25, -0.2) is 4.98 Å². The number of hydrogen-bond donors (Lipinski definition) is 0. The molecule has 3 heterocycles. The molecule has 7 heteroatoms. The van der Waals surface area contributed by atoms with E-state index in [1.165, 1.54) is 0 Å². The van der Waals surface area contributed by atoms with Crippen molar-refractivity contribution in [2.45, 2.75) is 0 Å². The number of rotatable bonds is 1. The van der Waals surface area contributed by atoms with Crippen LogP contribution in [0.1, 0.15) is 0 Å². The highest BCUT2D eigenvalue weighted by Crippen LogP contribution is 2.19. The van der Waals surface area contributed by atoms with Crippen LogP contribution < -0.4 is 10.5 Å². The highest BCUT2D eigenvalue weighted by molar-refractivity contribution is 14.1. The molecule has 1 fully saturated rings. The van der Waals surface area contributed by atoms with E-state index in [1.807, 2.05) is 6.07 Å². The molecule has 2 aromatic rings. The van der Waals surface area contributed by atoms with Gasteiger partial charge in [0.1, 0.15) is 5.82 Å². The molecule has 0 atom stereocenters. The summed E-state index contributed by atoms with van der Waals surface area (Å²) in [6.45, 7) is 2.91. The van der Waals surface area contributed by atoms with Gasteiger partial charge >= 0.3 is 0 Å². The summed E-state index contributed by atoms with van der Waals surface area (Å²) in [5.41, 5.74) is 0.628. The molecule has 0 bridgehead atoms. The first kappa shape index (κ1) is 13.3. The van der Waals surface area contributed by atoms with Gasteiger partial charge in [0.15, 0.2) is 5.65 Å². The standard InChI is InChI=1S/C12H11BrIN3O2/c13-8-5-9(14)12-15-10(6-11(18)17(12)7-8)16-1-3-19-4-2-16/h5-7H,1-4H2. The van der Waals surface area contributed by atoms with Crippen LogP contribution in [0.15, 0.2) is 27.6 Å². The highest BCUT2D eigenvalue weighted by Gasteiger charge is 2.15. The van der Waals surface area contributed by atoms with Crippen LogP contribution in [0, 0.1) is 3.57 Å². The maximum Gasteiger partial charge on any atom is 0.260 e. The number of morpholine rings is 1. The third kappa shape index (κ3) is 2.63. The fourth-order valence-corrected chi connectivity index (χ4v) is 3.65. The van der Waals surface area contributed by atoms with Crippen LogP contribution in [0.3, 0.4) is 0 Å². The second-order valence-corrected chi connectivity index (χ2v) is 6.33. The van der Waals surface area contributed by atoms with Gasteiger partial charge < -0.3 is 9.64 Å². The van der Waals surface area contributed by atoms with Gasteiger partial charge in [0.05, 0.1) is 16.8 Å². The maximum atomic E-state index is 12.2. The summed E-state index contributed by atoms with van der Waals surface area (Å²) in [5, 5.41) is 0. The molecule has 0 unspecified atom stereocenters. The van der Waals surface area contributed by atoms with Gasteiger partial charge in [-0.1, -0.05) is 0 Å². The number of hydrogen-bond acceptors (Lipinski definition) is 4. The SMILES string of the molecule is O=c1cc(N2CCOCC2)nc2c(I)cc(Br)cn12. The van der Waals surface area contributed by atoms with Gasteiger partial charge in [-0.2, -0.15) is 0 Å². The molecule has 5 nitrogen and oxygen atoms in total. The van der Waals surface area contributed by atoms with E-state index in [2.05, 4.69) is 48.4 Å².